The number of guanidine groups is 1. The average molecular weight is 366 g/mol. The average Bonchev–Trinajstić information content (AvgIpc) is 2.49. The summed E-state index contributed by atoms with van der Waals surface area (Å²) in [6.45, 7) is 1.25. The normalized spacial score (nSPS) is 10.8. The quantitative estimate of drug-likeness (QED) is 0.661. The van der Waals surface area contributed by atoms with E-state index in [2.05, 4.69) is 22.4 Å². The highest BCUT2D eigenvalue weighted by Gasteiger charge is 2.02. The van der Waals surface area contributed by atoms with Crippen molar-refractivity contribution < 1.29 is 4.39 Å². The van der Waals surface area contributed by atoms with E-state index in [9.17, 15) is 4.39 Å². The second-order valence-electron chi connectivity index (χ2n) is 5.00. The number of hydrogen-bond donors (Lipinski definition) is 1. The maximum atomic E-state index is 12.9. The van der Waals surface area contributed by atoms with Crippen LogP contribution < -0.4 is 5.32 Å². The molecular weight excluding hydrogens is 345 g/mol. The highest BCUT2D eigenvalue weighted by molar-refractivity contribution is 8.93. The molecule has 2 aromatic carbocycles. The van der Waals surface area contributed by atoms with Crippen molar-refractivity contribution >= 4 is 22.9 Å². The molecule has 0 spiro atoms. The van der Waals surface area contributed by atoms with Gasteiger partial charge in [0.05, 0.1) is 6.54 Å². The standard InChI is InChI=1S/C17H20FN3.BrH/c1-21(2)17(19-12-14-6-4-3-5-7-14)20-13-15-8-10-16(18)11-9-15;/h3-11H,12-13H2,1-2H3,(H,19,20);1H. The Morgan fingerprint density at radius 1 is 1.00 bits per heavy atom. The maximum Gasteiger partial charge on any atom is 0.194 e. The third-order valence-corrected chi connectivity index (χ3v) is 3.04. The molecule has 0 aliphatic rings. The van der Waals surface area contributed by atoms with E-state index in [1.807, 2.05) is 37.2 Å². The van der Waals surface area contributed by atoms with E-state index in [1.54, 1.807) is 12.1 Å². The van der Waals surface area contributed by atoms with E-state index in [1.165, 1.54) is 17.7 Å². The van der Waals surface area contributed by atoms with Crippen LogP contribution in [0.15, 0.2) is 59.6 Å². The summed E-state index contributed by atoms with van der Waals surface area (Å²) in [5, 5.41) is 3.28. The SMILES string of the molecule is Br.CN(C)C(=NCc1ccccc1)NCc1ccc(F)cc1. The topological polar surface area (TPSA) is 27.6 Å². The maximum absolute atomic E-state index is 12.9. The van der Waals surface area contributed by atoms with Crippen LogP contribution in [0.2, 0.25) is 0 Å². The van der Waals surface area contributed by atoms with Gasteiger partial charge in [-0.25, -0.2) is 9.38 Å². The summed E-state index contributed by atoms with van der Waals surface area (Å²) in [5.41, 5.74) is 2.19. The molecule has 0 aliphatic carbocycles. The molecule has 0 saturated heterocycles. The lowest BCUT2D eigenvalue weighted by molar-refractivity contribution is 0.578. The summed E-state index contributed by atoms with van der Waals surface area (Å²) >= 11 is 0. The lowest BCUT2D eigenvalue weighted by Crippen LogP contribution is -2.36. The van der Waals surface area contributed by atoms with Gasteiger partial charge in [-0.1, -0.05) is 42.5 Å². The summed E-state index contributed by atoms with van der Waals surface area (Å²) in [6.07, 6.45) is 0. The lowest BCUT2D eigenvalue weighted by atomic mass is 10.2. The number of rotatable bonds is 4. The minimum atomic E-state index is -0.218. The zero-order chi connectivity index (χ0) is 15.1. The van der Waals surface area contributed by atoms with Gasteiger partial charge in [-0.3, -0.25) is 0 Å². The largest absolute Gasteiger partial charge is 0.352 e. The Balaban J connectivity index is 0.00000242. The smallest absolute Gasteiger partial charge is 0.194 e. The van der Waals surface area contributed by atoms with Crippen molar-refractivity contribution in [2.45, 2.75) is 13.1 Å². The molecule has 0 heterocycles. The van der Waals surface area contributed by atoms with Crippen molar-refractivity contribution in [2.75, 3.05) is 14.1 Å². The van der Waals surface area contributed by atoms with E-state index >= 15 is 0 Å². The highest BCUT2D eigenvalue weighted by Crippen LogP contribution is 2.03. The zero-order valence-corrected chi connectivity index (χ0v) is 14.5. The molecular formula is C17H21BrFN3. The number of halogens is 2. The van der Waals surface area contributed by atoms with Crippen molar-refractivity contribution in [3.63, 3.8) is 0 Å². The molecule has 2 aromatic rings. The summed E-state index contributed by atoms with van der Waals surface area (Å²) in [4.78, 5) is 6.52. The van der Waals surface area contributed by atoms with Crippen molar-refractivity contribution in [3.05, 3.63) is 71.5 Å². The Morgan fingerprint density at radius 2 is 1.64 bits per heavy atom. The molecule has 118 valence electrons. The van der Waals surface area contributed by atoms with Gasteiger partial charge >= 0.3 is 0 Å². The molecule has 0 amide bonds. The molecule has 0 aliphatic heterocycles. The van der Waals surface area contributed by atoms with Crippen molar-refractivity contribution in [2.24, 2.45) is 4.99 Å². The number of nitrogens with one attached hydrogen (secondary N) is 1. The number of aliphatic imine (C=N–C) groups is 1. The first-order valence-electron chi connectivity index (χ1n) is 6.89. The van der Waals surface area contributed by atoms with E-state index in [0.717, 1.165) is 11.5 Å². The fraction of sp³-hybridized carbons (Fsp3) is 0.235. The van der Waals surface area contributed by atoms with E-state index in [4.69, 9.17) is 0 Å². The third kappa shape index (κ3) is 5.85. The molecule has 0 unspecified atom stereocenters. The van der Waals surface area contributed by atoms with E-state index < -0.39 is 0 Å². The van der Waals surface area contributed by atoms with Crippen molar-refractivity contribution in [1.82, 2.24) is 10.2 Å². The van der Waals surface area contributed by atoms with Gasteiger partial charge in [0.1, 0.15) is 5.82 Å². The van der Waals surface area contributed by atoms with Crippen LogP contribution in [0, 0.1) is 5.82 Å². The van der Waals surface area contributed by atoms with Gasteiger partial charge in [0.25, 0.3) is 0 Å². The molecule has 3 nitrogen and oxygen atoms in total. The Hall–Kier alpha value is -1.88. The Labute approximate surface area is 141 Å². The van der Waals surface area contributed by atoms with Crippen LogP contribution in [0.3, 0.4) is 0 Å². The molecule has 0 aromatic heterocycles. The molecule has 22 heavy (non-hydrogen) atoms. The first kappa shape index (κ1) is 18.2. The predicted molar refractivity (Wildman–Crippen MR) is 94.8 cm³/mol. The molecule has 0 saturated carbocycles. The lowest BCUT2D eigenvalue weighted by Gasteiger charge is -2.17. The van der Waals surface area contributed by atoms with Gasteiger partial charge in [-0.05, 0) is 23.3 Å². The number of benzene rings is 2. The summed E-state index contributed by atoms with van der Waals surface area (Å²) < 4.78 is 12.9. The van der Waals surface area contributed by atoms with E-state index in [0.29, 0.717) is 13.1 Å². The summed E-state index contributed by atoms with van der Waals surface area (Å²) in [7, 11) is 3.89. The Morgan fingerprint density at radius 3 is 2.23 bits per heavy atom. The van der Waals surface area contributed by atoms with Gasteiger partial charge in [0, 0.05) is 20.6 Å². The molecule has 0 bridgehead atoms. The molecule has 5 heteroatoms. The van der Waals surface area contributed by atoms with Gasteiger partial charge in [-0.2, -0.15) is 0 Å². The van der Waals surface area contributed by atoms with E-state index in [-0.39, 0.29) is 22.8 Å². The first-order chi connectivity index (χ1) is 10.1. The second-order valence-corrected chi connectivity index (χ2v) is 5.00. The van der Waals surface area contributed by atoms with Crippen LogP contribution in [0.5, 0.6) is 0 Å². The molecule has 0 atom stereocenters. The van der Waals surface area contributed by atoms with Crippen LogP contribution >= 0.6 is 17.0 Å². The molecule has 1 N–H and O–H groups in total. The minimum Gasteiger partial charge on any atom is -0.352 e. The molecule has 0 radical (unpaired) electrons. The fourth-order valence-electron chi connectivity index (χ4n) is 1.89. The number of hydrogen-bond acceptors (Lipinski definition) is 1. The van der Waals surface area contributed by atoms with Crippen LogP contribution in [0.1, 0.15) is 11.1 Å². The van der Waals surface area contributed by atoms with Crippen LogP contribution in [0.4, 0.5) is 4.39 Å². The monoisotopic (exact) mass is 365 g/mol. The highest BCUT2D eigenvalue weighted by atomic mass is 79.9. The van der Waals surface area contributed by atoms with Crippen LogP contribution in [-0.4, -0.2) is 25.0 Å². The molecule has 2 rings (SSSR count). The minimum absolute atomic E-state index is 0. The Bertz CT molecular complexity index is 583. The summed E-state index contributed by atoms with van der Waals surface area (Å²) in [5.74, 6) is 0.590. The number of nitrogens with zero attached hydrogens (tertiary/aromatic N) is 2. The predicted octanol–water partition coefficient (Wildman–Crippen LogP) is 3.61. The van der Waals surface area contributed by atoms with Gasteiger partial charge < -0.3 is 10.2 Å². The zero-order valence-electron chi connectivity index (χ0n) is 12.8. The van der Waals surface area contributed by atoms with Crippen LogP contribution in [-0.2, 0) is 13.1 Å². The molecule has 0 fully saturated rings. The first-order valence-corrected chi connectivity index (χ1v) is 6.89. The third-order valence-electron chi connectivity index (χ3n) is 3.04. The van der Waals surface area contributed by atoms with Gasteiger partial charge in [0.15, 0.2) is 5.96 Å². The Kier molecular flexibility index (Phi) is 7.60. The van der Waals surface area contributed by atoms with Crippen molar-refractivity contribution in [1.29, 1.82) is 0 Å². The van der Waals surface area contributed by atoms with Gasteiger partial charge in [-0.15, -0.1) is 17.0 Å². The fourth-order valence-corrected chi connectivity index (χ4v) is 1.89. The van der Waals surface area contributed by atoms with Crippen molar-refractivity contribution in [3.8, 4) is 0 Å². The second kappa shape index (κ2) is 9.20. The van der Waals surface area contributed by atoms with Gasteiger partial charge in [0.2, 0.25) is 0 Å². The summed E-state index contributed by atoms with van der Waals surface area (Å²) in [6, 6.07) is 16.6. The van der Waals surface area contributed by atoms with Crippen LogP contribution in [0.25, 0.3) is 0 Å².